The van der Waals surface area contributed by atoms with Gasteiger partial charge in [-0.25, -0.2) is 0 Å². The van der Waals surface area contributed by atoms with Crippen LogP contribution in [0.2, 0.25) is 0 Å². The van der Waals surface area contributed by atoms with Gasteiger partial charge in [-0.1, -0.05) is 11.3 Å². The van der Waals surface area contributed by atoms with Crippen molar-refractivity contribution in [2.75, 3.05) is 10.0 Å². The second kappa shape index (κ2) is 5.39. The number of aromatic nitrogens is 3. The SMILES string of the molecule is CC(=O)Nc1nnc(S(=O)(=O)Nc2ccc3[nH]ccc3c2)s1. The van der Waals surface area contributed by atoms with Crippen LogP contribution in [0.15, 0.2) is 34.8 Å². The molecular weight excluding hydrogens is 326 g/mol. The lowest BCUT2D eigenvalue weighted by molar-refractivity contribution is -0.114. The Kier molecular flexibility index (Phi) is 3.54. The predicted molar refractivity (Wildman–Crippen MR) is 83.3 cm³/mol. The Morgan fingerprint density at radius 3 is 2.86 bits per heavy atom. The predicted octanol–water partition coefficient (Wildman–Crippen LogP) is 1.78. The summed E-state index contributed by atoms with van der Waals surface area (Å²) >= 11 is 0.782. The number of hydrogen-bond acceptors (Lipinski definition) is 6. The average Bonchev–Trinajstić information content (AvgIpc) is 3.06. The number of amides is 1. The van der Waals surface area contributed by atoms with E-state index in [1.54, 1.807) is 24.4 Å². The normalized spacial score (nSPS) is 11.5. The van der Waals surface area contributed by atoms with Crippen LogP contribution in [-0.2, 0) is 14.8 Å². The molecule has 0 fully saturated rings. The molecule has 0 radical (unpaired) electrons. The molecule has 1 amide bonds. The fourth-order valence-electron chi connectivity index (χ4n) is 1.84. The lowest BCUT2D eigenvalue weighted by Gasteiger charge is -2.04. The Bertz CT molecular complexity index is 944. The van der Waals surface area contributed by atoms with Crippen molar-refractivity contribution in [1.82, 2.24) is 15.2 Å². The van der Waals surface area contributed by atoms with Crippen molar-refractivity contribution in [3.8, 4) is 0 Å². The molecule has 10 heteroatoms. The fraction of sp³-hybridized carbons (Fsp3) is 0.0833. The van der Waals surface area contributed by atoms with Crippen LogP contribution in [0.3, 0.4) is 0 Å². The molecule has 0 saturated carbocycles. The van der Waals surface area contributed by atoms with Gasteiger partial charge in [-0.15, -0.1) is 10.2 Å². The van der Waals surface area contributed by atoms with Crippen molar-refractivity contribution in [3.63, 3.8) is 0 Å². The van der Waals surface area contributed by atoms with Crippen LogP contribution >= 0.6 is 11.3 Å². The van der Waals surface area contributed by atoms with E-state index < -0.39 is 10.0 Å². The van der Waals surface area contributed by atoms with E-state index in [1.807, 2.05) is 6.07 Å². The van der Waals surface area contributed by atoms with E-state index in [0.717, 1.165) is 22.2 Å². The first kappa shape index (κ1) is 14.5. The number of rotatable bonds is 4. The first-order valence-electron chi connectivity index (χ1n) is 6.15. The van der Waals surface area contributed by atoms with Crippen LogP contribution < -0.4 is 10.0 Å². The van der Waals surface area contributed by atoms with Gasteiger partial charge in [-0.2, -0.15) is 8.42 Å². The standard InChI is InChI=1S/C12H11N5O3S2/c1-7(18)14-11-15-16-12(21-11)22(19,20)17-9-2-3-10-8(6-9)4-5-13-10/h2-6,13,17H,1H3,(H,14,15,18). The zero-order valence-corrected chi connectivity index (χ0v) is 13.0. The van der Waals surface area contributed by atoms with Crippen molar-refractivity contribution < 1.29 is 13.2 Å². The molecule has 1 aromatic carbocycles. The van der Waals surface area contributed by atoms with Crippen LogP contribution in [0.25, 0.3) is 10.9 Å². The maximum atomic E-state index is 12.3. The number of hydrogen-bond donors (Lipinski definition) is 3. The summed E-state index contributed by atoms with van der Waals surface area (Å²) in [4.78, 5) is 13.9. The van der Waals surface area contributed by atoms with Crippen LogP contribution in [-0.4, -0.2) is 29.5 Å². The van der Waals surface area contributed by atoms with Crippen molar-refractivity contribution in [2.45, 2.75) is 11.3 Å². The van der Waals surface area contributed by atoms with Crippen molar-refractivity contribution in [1.29, 1.82) is 0 Å². The van der Waals surface area contributed by atoms with Crippen molar-refractivity contribution in [2.24, 2.45) is 0 Å². The molecule has 0 bridgehead atoms. The second-order valence-electron chi connectivity index (χ2n) is 4.44. The molecule has 0 spiro atoms. The quantitative estimate of drug-likeness (QED) is 0.627. The number of nitrogens with zero attached hydrogens (tertiary/aromatic N) is 2. The van der Waals surface area contributed by atoms with Gasteiger partial charge in [0.05, 0.1) is 0 Å². The van der Waals surface area contributed by atoms with Crippen LogP contribution in [0.4, 0.5) is 10.8 Å². The third kappa shape index (κ3) is 2.92. The Hall–Kier alpha value is -2.46. The highest BCUT2D eigenvalue weighted by Gasteiger charge is 2.20. The summed E-state index contributed by atoms with van der Waals surface area (Å²) in [6, 6.07) is 6.97. The molecule has 3 rings (SSSR count). The van der Waals surface area contributed by atoms with Crippen molar-refractivity contribution >= 4 is 49.0 Å². The minimum Gasteiger partial charge on any atom is -0.361 e. The third-order valence-electron chi connectivity index (χ3n) is 2.72. The van der Waals surface area contributed by atoms with Gasteiger partial charge in [0, 0.05) is 29.7 Å². The minimum absolute atomic E-state index is 0.133. The van der Waals surface area contributed by atoms with E-state index in [-0.39, 0.29) is 15.4 Å². The monoisotopic (exact) mass is 337 g/mol. The van der Waals surface area contributed by atoms with Crippen LogP contribution in [0, 0.1) is 0 Å². The number of nitrogens with one attached hydrogen (secondary N) is 3. The Morgan fingerprint density at radius 2 is 2.09 bits per heavy atom. The molecule has 3 N–H and O–H groups in total. The fourth-order valence-corrected chi connectivity index (χ4v) is 3.83. The Balaban J connectivity index is 1.86. The van der Waals surface area contributed by atoms with Gasteiger partial charge < -0.3 is 10.3 Å². The van der Waals surface area contributed by atoms with Gasteiger partial charge in [0.15, 0.2) is 0 Å². The average molecular weight is 337 g/mol. The molecule has 22 heavy (non-hydrogen) atoms. The molecule has 0 saturated heterocycles. The highest BCUT2D eigenvalue weighted by Crippen LogP contribution is 2.24. The summed E-state index contributed by atoms with van der Waals surface area (Å²) in [7, 11) is -3.85. The smallest absolute Gasteiger partial charge is 0.291 e. The first-order chi connectivity index (χ1) is 10.4. The van der Waals surface area contributed by atoms with Crippen LogP contribution in [0.5, 0.6) is 0 Å². The number of fused-ring (bicyclic) bond motifs is 1. The van der Waals surface area contributed by atoms with Crippen molar-refractivity contribution in [3.05, 3.63) is 30.5 Å². The summed E-state index contributed by atoms with van der Waals surface area (Å²) in [5.41, 5.74) is 1.33. The maximum absolute atomic E-state index is 12.3. The number of carbonyl (C=O) groups is 1. The van der Waals surface area contributed by atoms with E-state index in [2.05, 4.69) is 25.2 Å². The summed E-state index contributed by atoms with van der Waals surface area (Å²) in [5, 5.41) is 10.6. The molecule has 0 atom stereocenters. The van der Waals surface area contributed by atoms with E-state index in [1.165, 1.54) is 6.92 Å². The number of aromatic amines is 1. The first-order valence-corrected chi connectivity index (χ1v) is 8.45. The largest absolute Gasteiger partial charge is 0.361 e. The van der Waals surface area contributed by atoms with Gasteiger partial charge >= 0.3 is 0 Å². The molecule has 2 heterocycles. The zero-order chi connectivity index (χ0) is 15.7. The number of anilines is 2. The summed E-state index contributed by atoms with van der Waals surface area (Å²) in [6.45, 7) is 1.31. The Labute approximate surface area is 129 Å². The maximum Gasteiger partial charge on any atom is 0.291 e. The number of benzene rings is 1. The van der Waals surface area contributed by atoms with Gasteiger partial charge in [0.25, 0.3) is 14.4 Å². The second-order valence-corrected chi connectivity index (χ2v) is 7.27. The molecule has 114 valence electrons. The van der Waals surface area contributed by atoms with Gasteiger partial charge in [0.2, 0.25) is 11.0 Å². The number of carbonyl (C=O) groups excluding carboxylic acids is 1. The van der Waals surface area contributed by atoms with Crippen LogP contribution in [0.1, 0.15) is 6.92 Å². The molecule has 8 nitrogen and oxygen atoms in total. The highest BCUT2D eigenvalue weighted by molar-refractivity contribution is 7.94. The van der Waals surface area contributed by atoms with Gasteiger partial charge in [0.1, 0.15) is 0 Å². The third-order valence-corrected chi connectivity index (χ3v) is 5.31. The summed E-state index contributed by atoms with van der Waals surface area (Å²) < 4.78 is 26.7. The summed E-state index contributed by atoms with van der Waals surface area (Å²) in [6.07, 6.45) is 1.77. The Morgan fingerprint density at radius 1 is 1.27 bits per heavy atom. The molecule has 3 aromatic rings. The number of sulfonamides is 1. The number of H-pyrrole nitrogens is 1. The highest BCUT2D eigenvalue weighted by atomic mass is 32.2. The van der Waals surface area contributed by atoms with E-state index in [9.17, 15) is 13.2 Å². The molecule has 2 aromatic heterocycles. The minimum atomic E-state index is -3.85. The lowest BCUT2D eigenvalue weighted by atomic mass is 10.2. The topological polar surface area (TPSA) is 117 Å². The summed E-state index contributed by atoms with van der Waals surface area (Å²) in [5.74, 6) is -0.342. The van der Waals surface area contributed by atoms with E-state index in [0.29, 0.717) is 5.69 Å². The van der Waals surface area contributed by atoms with E-state index in [4.69, 9.17) is 0 Å². The van der Waals surface area contributed by atoms with Gasteiger partial charge in [-0.05, 0) is 24.3 Å². The van der Waals surface area contributed by atoms with Gasteiger partial charge in [-0.3, -0.25) is 9.52 Å². The molecule has 0 aliphatic heterocycles. The molecule has 0 unspecified atom stereocenters. The van der Waals surface area contributed by atoms with E-state index >= 15 is 0 Å². The molecular formula is C12H11N5O3S2. The molecule has 0 aliphatic rings. The lowest BCUT2D eigenvalue weighted by Crippen LogP contribution is -2.12. The zero-order valence-electron chi connectivity index (χ0n) is 11.3. The molecule has 0 aliphatic carbocycles.